The predicted molar refractivity (Wildman–Crippen MR) is 229 cm³/mol. The Balaban J connectivity index is 4.32. The number of hydrogen-bond acceptors (Lipinski definition) is 9. The Morgan fingerprint density at radius 2 is 1.14 bits per heavy atom. The van der Waals surface area contributed by atoms with Crippen molar-refractivity contribution >= 4 is 25.5 Å². The van der Waals surface area contributed by atoms with Gasteiger partial charge in [-0.15, -0.1) is 0 Å². The van der Waals surface area contributed by atoms with E-state index in [-0.39, 0.29) is 38.4 Å². The Morgan fingerprint density at radius 1 is 0.607 bits per heavy atom. The summed E-state index contributed by atoms with van der Waals surface area (Å²) < 4.78 is 32.7. The summed E-state index contributed by atoms with van der Waals surface area (Å²) in [6.07, 6.45) is 45.9. The monoisotopic (exact) mass is 804 g/mol. The Bertz CT molecular complexity index is 1250. The largest absolute Gasteiger partial charge is 0.472 e. The molecule has 0 aliphatic rings. The molecule has 0 aromatic rings. The molecule has 0 radical (unpaired) electrons. The molecule has 0 saturated heterocycles. The SMILES string of the molecule is CC/C=C\C/C=C\C/C=C\C/C=C\C/C=C\CCCCCC(=O)OC[C@H](COP(=O)(O)OCCN)OC(=O)CCCCCCC/C=C\C=C\C(=O)CCCCC. The topological polar surface area (TPSA) is 151 Å². The second-order valence-electron chi connectivity index (χ2n) is 13.5. The number of carbonyl (C=O) groups is 3. The lowest BCUT2D eigenvalue weighted by atomic mass is 10.1. The lowest BCUT2D eigenvalue weighted by molar-refractivity contribution is -0.161. The molecule has 318 valence electrons. The van der Waals surface area contributed by atoms with Crippen LogP contribution in [0.25, 0.3) is 0 Å². The van der Waals surface area contributed by atoms with Crippen molar-refractivity contribution in [2.24, 2.45) is 5.73 Å². The number of unbranched alkanes of at least 4 members (excludes halogenated alkanes) is 10. The third kappa shape index (κ3) is 39.1. The molecule has 0 bridgehead atoms. The standard InChI is InChI=1S/C45H74NO9P/c1-3-5-7-8-9-10-11-12-13-14-15-16-17-18-19-22-25-28-32-36-44(48)52-40-43(41-54-56(50,51)53-39-38-46)55-45(49)37-33-29-26-23-20-21-24-27-31-35-42(47)34-30-6-4-2/h5,7,9-10,12-13,15-16,18-19,24,27,31,35,43H,3-4,6,8,11,14,17,20-23,25-26,28-30,32-34,36-41,46H2,1-2H3,(H,50,51)/b7-5-,10-9-,13-12-,16-15-,19-18-,27-24-,35-31+/t43-/m1/s1. The van der Waals surface area contributed by atoms with E-state index in [1.165, 1.54) is 0 Å². The molecule has 0 aromatic carbocycles. The van der Waals surface area contributed by atoms with Gasteiger partial charge in [0.05, 0.1) is 13.2 Å². The Morgan fingerprint density at radius 3 is 1.77 bits per heavy atom. The van der Waals surface area contributed by atoms with Crippen LogP contribution >= 0.6 is 7.82 Å². The van der Waals surface area contributed by atoms with E-state index in [0.29, 0.717) is 19.3 Å². The highest BCUT2D eigenvalue weighted by Crippen LogP contribution is 2.43. The minimum absolute atomic E-state index is 0.0295. The van der Waals surface area contributed by atoms with Crippen molar-refractivity contribution < 1.29 is 42.4 Å². The molecule has 11 heteroatoms. The van der Waals surface area contributed by atoms with Crippen molar-refractivity contribution in [2.45, 2.75) is 155 Å². The zero-order chi connectivity index (χ0) is 41.2. The van der Waals surface area contributed by atoms with Gasteiger partial charge in [0, 0.05) is 25.8 Å². The first-order valence-corrected chi connectivity index (χ1v) is 22.5. The minimum atomic E-state index is -4.41. The lowest BCUT2D eigenvalue weighted by Crippen LogP contribution is -2.29. The lowest BCUT2D eigenvalue weighted by Gasteiger charge is -2.19. The number of ether oxygens (including phenoxy) is 2. The third-order valence-corrected chi connectivity index (χ3v) is 9.23. The molecule has 0 fully saturated rings. The number of rotatable bonds is 38. The van der Waals surface area contributed by atoms with Crippen molar-refractivity contribution in [3.05, 3.63) is 85.1 Å². The highest BCUT2D eigenvalue weighted by Gasteiger charge is 2.26. The summed E-state index contributed by atoms with van der Waals surface area (Å²) in [5.74, 6) is -0.769. The second kappa shape index (κ2) is 40.1. The first-order chi connectivity index (χ1) is 27.2. The molecule has 0 heterocycles. The number of hydrogen-bond donors (Lipinski definition) is 2. The number of ketones is 1. The van der Waals surface area contributed by atoms with Gasteiger partial charge >= 0.3 is 19.8 Å². The normalized spacial score (nSPS) is 14.1. The van der Waals surface area contributed by atoms with Crippen LogP contribution < -0.4 is 5.73 Å². The van der Waals surface area contributed by atoms with Gasteiger partial charge in [-0.05, 0) is 83.1 Å². The fourth-order valence-electron chi connectivity index (χ4n) is 5.11. The van der Waals surface area contributed by atoms with Gasteiger partial charge in [0.15, 0.2) is 11.9 Å². The van der Waals surface area contributed by atoms with E-state index in [4.69, 9.17) is 24.3 Å². The molecule has 0 amide bonds. The second-order valence-corrected chi connectivity index (χ2v) is 15.0. The average molecular weight is 804 g/mol. The molecule has 0 spiro atoms. The molecular weight excluding hydrogens is 729 g/mol. The van der Waals surface area contributed by atoms with Crippen molar-refractivity contribution in [3.63, 3.8) is 0 Å². The summed E-state index contributed by atoms with van der Waals surface area (Å²) in [6, 6.07) is 0. The Labute approximate surface area is 339 Å². The summed E-state index contributed by atoms with van der Waals surface area (Å²) in [7, 11) is -4.41. The maximum absolute atomic E-state index is 12.6. The van der Waals surface area contributed by atoms with Crippen LogP contribution in [0.3, 0.4) is 0 Å². The fourth-order valence-corrected chi connectivity index (χ4v) is 5.88. The Kier molecular flexibility index (Phi) is 37.8. The molecule has 1 unspecified atom stereocenters. The summed E-state index contributed by atoms with van der Waals surface area (Å²) in [4.78, 5) is 46.6. The van der Waals surface area contributed by atoms with E-state index in [2.05, 4.69) is 80.7 Å². The van der Waals surface area contributed by atoms with E-state index in [1.54, 1.807) is 6.08 Å². The van der Waals surface area contributed by atoms with Gasteiger partial charge in [0.25, 0.3) is 0 Å². The van der Waals surface area contributed by atoms with Gasteiger partial charge in [-0.25, -0.2) is 4.57 Å². The number of allylic oxidation sites excluding steroid dienone is 14. The van der Waals surface area contributed by atoms with E-state index >= 15 is 0 Å². The smallest absolute Gasteiger partial charge is 0.462 e. The molecule has 0 rings (SSSR count). The highest BCUT2D eigenvalue weighted by molar-refractivity contribution is 7.47. The maximum atomic E-state index is 12.6. The van der Waals surface area contributed by atoms with Crippen LogP contribution in [0.5, 0.6) is 0 Å². The number of phosphoric acid groups is 1. The van der Waals surface area contributed by atoms with Crippen molar-refractivity contribution in [2.75, 3.05) is 26.4 Å². The van der Waals surface area contributed by atoms with Crippen LogP contribution in [0.2, 0.25) is 0 Å². The van der Waals surface area contributed by atoms with Gasteiger partial charge in [-0.3, -0.25) is 23.4 Å². The van der Waals surface area contributed by atoms with E-state index in [9.17, 15) is 23.8 Å². The maximum Gasteiger partial charge on any atom is 0.472 e. The number of esters is 2. The highest BCUT2D eigenvalue weighted by atomic mass is 31.2. The molecule has 0 aliphatic heterocycles. The number of phosphoric ester groups is 1. The van der Waals surface area contributed by atoms with Crippen LogP contribution in [-0.4, -0.2) is 55.1 Å². The zero-order valence-electron chi connectivity index (χ0n) is 34.6. The van der Waals surface area contributed by atoms with E-state index < -0.39 is 32.5 Å². The van der Waals surface area contributed by atoms with E-state index in [1.807, 2.05) is 12.2 Å². The van der Waals surface area contributed by atoms with Crippen LogP contribution in [0.4, 0.5) is 0 Å². The predicted octanol–water partition coefficient (Wildman–Crippen LogP) is 11.2. The molecule has 3 N–H and O–H groups in total. The van der Waals surface area contributed by atoms with Crippen LogP contribution in [-0.2, 0) is 37.5 Å². The zero-order valence-corrected chi connectivity index (χ0v) is 35.5. The van der Waals surface area contributed by atoms with Crippen LogP contribution in [0, 0.1) is 0 Å². The summed E-state index contributed by atoms with van der Waals surface area (Å²) >= 11 is 0. The minimum Gasteiger partial charge on any atom is -0.462 e. The van der Waals surface area contributed by atoms with Crippen molar-refractivity contribution in [1.82, 2.24) is 0 Å². The molecule has 0 aromatic heterocycles. The fraction of sp³-hybridized carbons (Fsp3) is 0.622. The van der Waals surface area contributed by atoms with Crippen LogP contribution in [0.1, 0.15) is 149 Å². The first kappa shape index (κ1) is 52.9. The van der Waals surface area contributed by atoms with Gasteiger partial charge in [0.1, 0.15) is 6.61 Å². The number of carbonyl (C=O) groups excluding carboxylic acids is 3. The van der Waals surface area contributed by atoms with Gasteiger partial charge in [-0.2, -0.15) is 0 Å². The van der Waals surface area contributed by atoms with Gasteiger partial charge in [0.2, 0.25) is 0 Å². The summed E-state index contributed by atoms with van der Waals surface area (Å²) in [5.41, 5.74) is 5.33. The molecular formula is C45H74NO9P. The van der Waals surface area contributed by atoms with E-state index in [0.717, 1.165) is 103 Å². The molecule has 56 heavy (non-hydrogen) atoms. The quantitative estimate of drug-likeness (QED) is 0.0154. The number of nitrogens with two attached hydrogens (primary N) is 1. The molecule has 0 saturated carbocycles. The molecule has 10 nitrogen and oxygen atoms in total. The van der Waals surface area contributed by atoms with Gasteiger partial charge in [-0.1, -0.05) is 131 Å². The van der Waals surface area contributed by atoms with Gasteiger partial charge < -0.3 is 20.1 Å². The average Bonchev–Trinajstić information content (AvgIpc) is 3.18. The first-order valence-electron chi connectivity index (χ1n) is 21.0. The van der Waals surface area contributed by atoms with Crippen molar-refractivity contribution in [1.29, 1.82) is 0 Å². The summed E-state index contributed by atoms with van der Waals surface area (Å²) in [5, 5.41) is 0. The molecule has 0 aliphatic carbocycles. The third-order valence-electron chi connectivity index (χ3n) is 8.24. The van der Waals surface area contributed by atoms with Crippen LogP contribution in [0.15, 0.2) is 85.1 Å². The molecule has 2 atom stereocenters. The Hall–Kier alpha value is -3.14. The van der Waals surface area contributed by atoms with Crippen molar-refractivity contribution in [3.8, 4) is 0 Å². The summed E-state index contributed by atoms with van der Waals surface area (Å²) in [6.45, 7) is 3.34.